The Morgan fingerprint density at radius 3 is 2.77 bits per heavy atom. The first-order valence-corrected chi connectivity index (χ1v) is 7.80. The Labute approximate surface area is 132 Å². The Balaban J connectivity index is 2.14. The van der Waals surface area contributed by atoms with E-state index in [0.717, 1.165) is 36.4 Å². The van der Waals surface area contributed by atoms with Gasteiger partial charge >= 0.3 is 0 Å². The van der Waals surface area contributed by atoms with E-state index >= 15 is 0 Å². The van der Waals surface area contributed by atoms with Crippen LogP contribution in [0.15, 0.2) is 18.2 Å². The van der Waals surface area contributed by atoms with Crippen LogP contribution in [0.3, 0.4) is 0 Å². The normalized spacial score (nSPS) is 18.5. The summed E-state index contributed by atoms with van der Waals surface area (Å²) in [6, 6.07) is 6.28. The van der Waals surface area contributed by atoms with Crippen molar-refractivity contribution in [3.05, 3.63) is 23.8 Å². The number of amides is 1. The van der Waals surface area contributed by atoms with Gasteiger partial charge in [0.2, 0.25) is 5.91 Å². The molecule has 5 heteroatoms. The Morgan fingerprint density at radius 2 is 2.14 bits per heavy atom. The summed E-state index contributed by atoms with van der Waals surface area (Å²) in [5, 5.41) is 2.96. The molecule has 0 aromatic heterocycles. The molecular weight excluding hydrogens is 280 g/mol. The first-order valence-electron chi connectivity index (χ1n) is 7.80. The summed E-state index contributed by atoms with van der Waals surface area (Å²) in [4.78, 5) is 14.3. The predicted molar refractivity (Wildman–Crippen MR) is 86.4 cm³/mol. The molecule has 1 N–H and O–H groups in total. The first kappa shape index (κ1) is 16.6. The minimum atomic E-state index is 0.0781. The topological polar surface area (TPSA) is 50.8 Å². The molecule has 5 nitrogen and oxygen atoms in total. The third-order valence-corrected chi connectivity index (χ3v) is 3.96. The van der Waals surface area contributed by atoms with Crippen molar-refractivity contribution in [1.29, 1.82) is 0 Å². The fraction of sp³-hybridized carbons (Fsp3) is 0.588. The highest BCUT2D eigenvalue weighted by molar-refractivity contribution is 5.78. The average Bonchev–Trinajstić information content (AvgIpc) is 2.93. The van der Waals surface area contributed by atoms with E-state index in [1.807, 2.05) is 32.0 Å². The lowest BCUT2D eigenvalue weighted by molar-refractivity contribution is -0.123. The Hall–Kier alpha value is -1.75. The number of ether oxygens (including phenoxy) is 2. The standard InChI is InChI=1S/C17H26N2O3/c1-12(2)18-17(20)11-19-9-5-6-15(19)14-8-7-13(21-3)10-16(14)22-4/h7-8,10,12,15H,5-6,9,11H2,1-4H3,(H,18,20). The summed E-state index contributed by atoms with van der Waals surface area (Å²) in [5.74, 6) is 1.68. The van der Waals surface area contributed by atoms with Crippen molar-refractivity contribution in [2.24, 2.45) is 0 Å². The summed E-state index contributed by atoms with van der Waals surface area (Å²) in [6.45, 7) is 5.32. The first-order chi connectivity index (χ1) is 10.5. The van der Waals surface area contributed by atoms with Crippen LogP contribution in [0.2, 0.25) is 0 Å². The molecule has 1 amide bonds. The van der Waals surface area contributed by atoms with Crippen LogP contribution in [0.4, 0.5) is 0 Å². The number of likely N-dealkylation sites (tertiary alicyclic amines) is 1. The van der Waals surface area contributed by atoms with Crippen molar-refractivity contribution >= 4 is 5.91 Å². The maximum atomic E-state index is 12.0. The largest absolute Gasteiger partial charge is 0.497 e. The van der Waals surface area contributed by atoms with E-state index in [1.54, 1.807) is 14.2 Å². The van der Waals surface area contributed by atoms with E-state index in [2.05, 4.69) is 10.2 Å². The molecule has 0 spiro atoms. The molecule has 1 aromatic carbocycles. The smallest absolute Gasteiger partial charge is 0.234 e. The second-order valence-corrected chi connectivity index (χ2v) is 5.96. The maximum Gasteiger partial charge on any atom is 0.234 e. The van der Waals surface area contributed by atoms with Gasteiger partial charge in [0, 0.05) is 23.7 Å². The zero-order chi connectivity index (χ0) is 16.1. The molecule has 0 aliphatic carbocycles. The van der Waals surface area contributed by atoms with Gasteiger partial charge in [-0.1, -0.05) is 6.07 Å². The number of carbonyl (C=O) groups excluding carboxylic acids is 1. The molecular formula is C17H26N2O3. The fourth-order valence-electron chi connectivity index (χ4n) is 3.01. The van der Waals surface area contributed by atoms with Crippen LogP contribution < -0.4 is 14.8 Å². The van der Waals surface area contributed by atoms with Crippen LogP contribution in [-0.2, 0) is 4.79 Å². The van der Waals surface area contributed by atoms with Gasteiger partial charge in [0.15, 0.2) is 0 Å². The third-order valence-electron chi connectivity index (χ3n) is 3.96. The molecule has 1 saturated heterocycles. The van der Waals surface area contributed by atoms with Gasteiger partial charge in [0.25, 0.3) is 0 Å². The van der Waals surface area contributed by atoms with Gasteiger partial charge in [-0.15, -0.1) is 0 Å². The molecule has 1 aliphatic heterocycles. The Bertz CT molecular complexity index is 517. The number of nitrogens with zero attached hydrogens (tertiary/aromatic N) is 1. The van der Waals surface area contributed by atoms with Crippen molar-refractivity contribution in [2.75, 3.05) is 27.3 Å². The van der Waals surface area contributed by atoms with Crippen LogP contribution in [0.1, 0.15) is 38.3 Å². The molecule has 1 aromatic rings. The number of hydrogen-bond donors (Lipinski definition) is 1. The lowest BCUT2D eigenvalue weighted by atomic mass is 10.0. The summed E-state index contributed by atoms with van der Waals surface area (Å²) in [6.07, 6.45) is 2.13. The van der Waals surface area contributed by atoms with Gasteiger partial charge in [-0.3, -0.25) is 9.69 Å². The molecule has 1 unspecified atom stereocenters. The lowest BCUT2D eigenvalue weighted by Crippen LogP contribution is -2.39. The zero-order valence-electron chi connectivity index (χ0n) is 13.9. The molecule has 1 fully saturated rings. The Morgan fingerprint density at radius 1 is 1.36 bits per heavy atom. The van der Waals surface area contributed by atoms with Gasteiger partial charge in [0.05, 0.1) is 20.8 Å². The minimum absolute atomic E-state index is 0.0781. The van der Waals surface area contributed by atoms with Crippen LogP contribution in [0, 0.1) is 0 Å². The second kappa shape index (κ2) is 7.49. The average molecular weight is 306 g/mol. The third kappa shape index (κ3) is 3.91. The molecule has 2 rings (SSSR count). The van der Waals surface area contributed by atoms with Gasteiger partial charge in [-0.25, -0.2) is 0 Å². The van der Waals surface area contributed by atoms with Gasteiger partial charge < -0.3 is 14.8 Å². The number of methoxy groups -OCH3 is 2. The lowest BCUT2D eigenvalue weighted by Gasteiger charge is -2.26. The number of benzene rings is 1. The molecule has 122 valence electrons. The summed E-state index contributed by atoms with van der Waals surface area (Å²) >= 11 is 0. The SMILES string of the molecule is COc1ccc(C2CCCN2CC(=O)NC(C)C)c(OC)c1. The van der Waals surface area contributed by atoms with Gasteiger partial charge in [-0.2, -0.15) is 0 Å². The molecule has 0 saturated carbocycles. The van der Waals surface area contributed by atoms with E-state index in [4.69, 9.17) is 9.47 Å². The molecule has 0 bridgehead atoms. The molecule has 1 aliphatic rings. The van der Waals surface area contributed by atoms with Crippen molar-refractivity contribution < 1.29 is 14.3 Å². The number of carbonyl (C=O) groups is 1. The highest BCUT2D eigenvalue weighted by Crippen LogP contribution is 2.38. The number of rotatable bonds is 6. The van der Waals surface area contributed by atoms with E-state index in [9.17, 15) is 4.79 Å². The van der Waals surface area contributed by atoms with E-state index in [0.29, 0.717) is 6.54 Å². The van der Waals surface area contributed by atoms with Crippen molar-refractivity contribution in [3.63, 3.8) is 0 Å². The predicted octanol–water partition coefficient (Wildman–Crippen LogP) is 2.37. The monoisotopic (exact) mass is 306 g/mol. The molecule has 1 atom stereocenters. The van der Waals surface area contributed by atoms with Crippen LogP contribution in [-0.4, -0.2) is 44.2 Å². The molecule has 22 heavy (non-hydrogen) atoms. The number of hydrogen-bond acceptors (Lipinski definition) is 4. The van der Waals surface area contributed by atoms with Crippen molar-refractivity contribution in [3.8, 4) is 11.5 Å². The molecule has 1 heterocycles. The van der Waals surface area contributed by atoms with Crippen LogP contribution in [0.5, 0.6) is 11.5 Å². The zero-order valence-corrected chi connectivity index (χ0v) is 13.9. The van der Waals surface area contributed by atoms with Gasteiger partial charge in [0.1, 0.15) is 11.5 Å². The highest BCUT2D eigenvalue weighted by Gasteiger charge is 2.29. The maximum absolute atomic E-state index is 12.0. The van der Waals surface area contributed by atoms with E-state index in [1.165, 1.54) is 0 Å². The second-order valence-electron chi connectivity index (χ2n) is 5.96. The van der Waals surface area contributed by atoms with Crippen LogP contribution >= 0.6 is 0 Å². The molecule has 0 radical (unpaired) electrons. The number of nitrogens with one attached hydrogen (secondary N) is 1. The van der Waals surface area contributed by atoms with Crippen molar-refractivity contribution in [1.82, 2.24) is 10.2 Å². The highest BCUT2D eigenvalue weighted by atomic mass is 16.5. The van der Waals surface area contributed by atoms with Crippen molar-refractivity contribution in [2.45, 2.75) is 38.8 Å². The van der Waals surface area contributed by atoms with E-state index < -0.39 is 0 Å². The van der Waals surface area contributed by atoms with E-state index in [-0.39, 0.29) is 18.0 Å². The van der Waals surface area contributed by atoms with Gasteiger partial charge in [-0.05, 0) is 39.3 Å². The minimum Gasteiger partial charge on any atom is -0.497 e. The fourth-order valence-corrected chi connectivity index (χ4v) is 3.01. The Kier molecular flexibility index (Phi) is 5.66. The summed E-state index contributed by atoms with van der Waals surface area (Å²) in [7, 11) is 3.32. The summed E-state index contributed by atoms with van der Waals surface area (Å²) in [5.41, 5.74) is 1.12. The summed E-state index contributed by atoms with van der Waals surface area (Å²) < 4.78 is 10.8. The quantitative estimate of drug-likeness (QED) is 0.876. The van der Waals surface area contributed by atoms with Crippen LogP contribution in [0.25, 0.3) is 0 Å².